The molecule has 5 heteroatoms. The van der Waals surface area contributed by atoms with Crippen LogP contribution in [0.25, 0.3) is 32.9 Å². The highest BCUT2D eigenvalue weighted by Gasteiger charge is 2.33. The van der Waals surface area contributed by atoms with Crippen molar-refractivity contribution in [3.63, 3.8) is 0 Å². The number of anilines is 1. The van der Waals surface area contributed by atoms with Gasteiger partial charge in [-0.15, -0.1) is 0 Å². The highest BCUT2D eigenvalue weighted by molar-refractivity contribution is 6.35. The van der Waals surface area contributed by atoms with E-state index in [1.54, 1.807) is 12.1 Å². The summed E-state index contributed by atoms with van der Waals surface area (Å²) in [5.74, 6) is 0. The Morgan fingerprint density at radius 1 is 0.806 bits per heavy atom. The van der Waals surface area contributed by atoms with Crippen LogP contribution in [0.4, 0.5) is 5.69 Å². The van der Waals surface area contributed by atoms with Crippen LogP contribution in [0.5, 0.6) is 0 Å². The fourth-order valence-electron chi connectivity index (χ4n) is 4.55. The van der Waals surface area contributed by atoms with E-state index in [-0.39, 0.29) is 5.63 Å². The molecule has 1 N–H and O–H groups in total. The number of halogens is 2. The van der Waals surface area contributed by atoms with Crippen molar-refractivity contribution < 1.29 is 4.42 Å². The van der Waals surface area contributed by atoms with Gasteiger partial charge in [0.05, 0.1) is 11.6 Å². The Balaban J connectivity index is 1.78. The van der Waals surface area contributed by atoms with Gasteiger partial charge in [0, 0.05) is 32.2 Å². The molecule has 0 fully saturated rings. The van der Waals surface area contributed by atoms with Crippen molar-refractivity contribution in [2.45, 2.75) is 6.04 Å². The molecule has 0 radical (unpaired) electrons. The normalized spacial score (nSPS) is 14.8. The molecule has 0 saturated heterocycles. The predicted octanol–water partition coefficient (Wildman–Crippen LogP) is 7.43. The molecule has 6 rings (SSSR count). The summed E-state index contributed by atoms with van der Waals surface area (Å²) in [4.78, 5) is 13.3. The van der Waals surface area contributed by atoms with Crippen LogP contribution in [0.1, 0.15) is 17.2 Å². The van der Waals surface area contributed by atoms with Crippen LogP contribution >= 0.6 is 23.2 Å². The van der Waals surface area contributed by atoms with E-state index in [1.165, 1.54) is 0 Å². The fourth-order valence-corrected chi connectivity index (χ4v) is 5.07. The summed E-state index contributed by atoms with van der Waals surface area (Å²) in [5, 5.41) is 7.65. The first kappa shape index (κ1) is 18.5. The maximum Gasteiger partial charge on any atom is 0.342 e. The van der Waals surface area contributed by atoms with Crippen molar-refractivity contribution in [3.8, 4) is 11.1 Å². The van der Waals surface area contributed by atoms with Gasteiger partial charge < -0.3 is 9.73 Å². The van der Waals surface area contributed by atoms with Crippen LogP contribution < -0.4 is 10.9 Å². The van der Waals surface area contributed by atoms with Crippen LogP contribution in [-0.4, -0.2) is 0 Å². The highest BCUT2D eigenvalue weighted by Crippen LogP contribution is 2.48. The number of hydrogen-bond donors (Lipinski definition) is 1. The molecule has 1 atom stereocenters. The molecule has 5 aromatic rings. The lowest BCUT2D eigenvalue weighted by Gasteiger charge is -2.31. The van der Waals surface area contributed by atoms with Crippen molar-refractivity contribution in [1.29, 1.82) is 0 Å². The molecular formula is C26H15Cl2NO2. The number of benzene rings is 4. The summed E-state index contributed by atoms with van der Waals surface area (Å²) < 4.78 is 5.74. The molecule has 150 valence electrons. The standard InChI is InChI=1S/C26H15Cl2NO2/c27-15-10-11-17(19(28)13-15)25-24-23(18-7-3-4-8-21(18)31-26(24)30)22-16-6-2-1-5-14(16)9-12-20(22)29-25/h1-13,25,29H/t25-/m1/s1. The Morgan fingerprint density at radius 3 is 2.42 bits per heavy atom. The molecule has 31 heavy (non-hydrogen) atoms. The number of hydrogen-bond acceptors (Lipinski definition) is 3. The minimum Gasteiger partial charge on any atom is -0.422 e. The zero-order valence-corrected chi connectivity index (χ0v) is 17.7. The first-order chi connectivity index (χ1) is 15.1. The van der Waals surface area contributed by atoms with Gasteiger partial charge in [-0.1, -0.05) is 77.8 Å². The lowest BCUT2D eigenvalue weighted by molar-refractivity contribution is 0.547. The third-order valence-corrected chi connectivity index (χ3v) is 6.45. The number of fused-ring (bicyclic) bond motifs is 7. The van der Waals surface area contributed by atoms with E-state index in [0.717, 1.165) is 38.5 Å². The van der Waals surface area contributed by atoms with E-state index in [9.17, 15) is 4.79 Å². The smallest absolute Gasteiger partial charge is 0.342 e. The van der Waals surface area contributed by atoms with Crippen molar-refractivity contribution >= 4 is 50.6 Å². The average molecular weight is 444 g/mol. The molecule has 1 aliphatic rings. The van der Waals surface area contributed by atoms with E-state index >= 15 is 0 Å². The summed E-state index contributed by atoms with van der Waals surface area (Å²) in [6.07, 6.45) is 0. The summed E-state index contributed by atoms with van der Waals surface area (Å²) in [6, 6.07) is 24.8. The van der Waals surface area contributed by atoms with Gasteiger partial charge in [-0.25, -0.2) is 4.79 Å². The Kier molecular flexibility index (Phi) is 4.10. The second kappa shape index (κ2) is 6.88. The van der Waals surface area contributed by atoms with Gasteiger partial charge in [-0.3, -0.25) is 0 Å². The van der Waals surface area contributed by atoms with E-state index in [1.807, 2.05) is 42.5 Å². The second-order valence-corrected chi connectivity index (χ2v) is 8.47. The Morgan fingerprint density at radius 2 is 1.58 bits per heavy atom. The first-order valence-electron chi connectivity index (χ1n) is 9.91. The van der Waals surface area contributed by atoms with Gasteiger partial charge in [0.25, 0.3) is 0 Å². The van der Waals surface area contributed by atoms with Gasteiger partial charge in [0.15, 0.2) is 0 Å². The number of para-hydroxylation sites is 1. The molecule has 4 aromatic carbocycles. The lowest BCUT2D eigenvalue weighted by atomic mass is 9.83. The summed E-state index contributed by atoms with van der Waals surface area (Å²) in [6.45, 7) is 0. The molecule has 2 heterocycles. The van der Waals surface area contributed by atoms with Gasteiger partial charge >= 0.3 is 5.63 Å². The Hall–Kier alpha value is -3.27. The van der Waals surface area contributed by atoms with Gasteiger partial charge in [-0.2, -0.15) is 0 Å². The predicted molar refractivity (Wildman–Crippen MR) is 127 cm³/mol. The zero-order valence-electron chi connectivity index (χ0n) is 16.2. The van der Waals surface area contributed by atoms with Crippen LogP contribution in [0.15, 0.2) is 88.1 Å². The number of rotatable bonds is 1. The van der Waals surface area contributed by atoms with Crippen molar-refractivity contribution in [2.75, 3.05) is 5.32 Å². The molecule has 0 spiro atoms. The molecule has 0 aliphatic carbocycles. The molecule has 1 aliphatic heterocycles. The van der Waals surface area contributed by atoms with Crippen molar-refractivity contribution in [3.05, 3.63) is 110 Å². The lowest BCUT2D eigenvalue weighted by Crippen LogP contribution is -2.25. The average Bonchev–Trinajstić information content (AvgIpc) is 2.78. The van der Waals surface area contributed by atoms with Gasteiger partial charge in [0.1, 0.15) is 5.58 Å². The van der Waals surface area contributed by atoms with E-state index < -0.39 is 6.04 Å². The molecule has 1 aromatic heterocycles. The van der Waals surface area contributed by atoms with Gasteiger partial charge in [0.2, 0.25) is 0 Å². The number of nitrogens with one attached hydrogen (secondary N) is 1. The maximum absolute atomic E-state index is 13.3. The third-order valence-electron chi connectivity index (χ3n) is 5.89. The van der Waals surface area contributed by atoms with Gasteiger partial charge in [-0.05, 0) is 40.6 Å². The molecule has 0 saturated carbocycles. The minimum atomic E-state index is -0.464. The molecule has 0 unspecified atom stereocenters. The largest absolute Gasteiger partial charge is 0.422 e. The summed E-state index contributed by atoms with van der Waals surface area (Å²) in [7, 11) is 0. The minimum absolute atomic E-state index is 0.379. The van der Waals surface area contributed by atoms with Crippen LogP contribution in [0.3, 0.4) is 0 Å². The highest BCUT2D eigenvalue weighted by atomic mass is 35.5. The van der Waals surface area contributed by atoms with E-state index in [2.05, 4.69) is 29.6 Å². The van der Waals surface area contributed by atoms with Crippen molar-refractivity contribution in [1.82, 2.24) is 0 Å². The molecule has 0 bridgehead atoms. The third kappa shape index (κ3) is 2.78. The summed E-state index contributed by atoms with van der Waals surface area (Å²) in [5.41, 5.74) is 4.33. The van der Waals surface area contributed by atoms with Crippen LogP contribution in [0.2, 0.25) is 10.0 Å². The molecule has 0 amide bonds. The molecule has 3 nitrogen and oxygen atoms in total. The summed E-state index contributed by atoms with van der Waals surface area (Å²) >= 11 is 12.7. The van der Waals surface area contributed by atoms with E-state index in [0.29, 0.717) is 21.2 Å². The quantitative estimate of drug-likeness (QED) is 0.273. The Bertz CT molecular complexity index is 1570. The van der Waals surface area contributed by atoms with Crippen molar-refractivity contribution in [2.24, 2.45) is 0 Å². The SMILES string of the molecule is O=c1oc2ccccc2c2c1[C@@H](c1ccc(Cl)cc1Cl)Nc1ccc3ccccc3c1-2. The fraction of sp³-hybridized carbons (Fsp3) is 0.0385. The topological polar surface area (TPSA) is 42.2 Å². The van der Waals surface area contributed by atoms with Crippen LogP contribution in [-0.2, 0) is 0 Å². The Labute approximate surface area is 187 Å². The van der Waals surface area contributed by atoms with Crippen LogP contribution in [0, 0.1) is 0 Å². The first-order valence-corrected chi connectivity index (χ1v) is 10.7. The monoisotopic (exact) mass is 443 g/mol. The second-order valence-electron chi connectivity index (χ2n) is 7.63. The molecular weight excluding hydrogens is 429 g/mol. The zero-order chi connectivity index (χ0) is 21.1. The maximum atomic E-state index is 13.3. The van der Waals surface area contributed by atoms with E-state index in [4.69, 9.17) is 27.6 Å².